The molecule has 14 heavy (non-hydrogen) atoms. The summed E-state index contributed by atoms with van der Waals surface area (Å²) in [5.74, 6) is -1.43. The summed E-state index contributed by atoms with van der Waals surface area (Å²) in [6.45, 7) is 1.62. The monoisotopic (exact) mass is 191 g/mol. The minimum atomic E-state index is -0.864. The van der Waals surface area contributed by atoms with Gasteiger partial charge >= 0.3 is 5.97 Å². The van der Waals surface area contributed by atoms with Crippen molar-refractivity contribution in [1.82, 2.24) is 4.98 Å². The van der Waals surface area contributed by atoms with E-state index in [2.05, 4.69) is 4.98 Å². The zero-order valence-electron chi connectivity index (χ0n) is 7.60. The summed E-state index contributed by atoms with van der Waals surface area (Å²) in [7, 11) is 0. The van der Waals surface area contributed by atoms with Crippen LogP contribution in [0.15, 0.2) is 29.0 Å². The Hall–Kier alpha value is -1.84. The second kappa shape index (κ2) is 3.14. The molecule has 0 saturated carbocycles. The lowest BCUT2D eigenvalue weighted by Gasteiger charge is -2.01. The highest BCUT2D eigenvalue weighted by Gasteiger charge is 2.18. The van der Waals surface area contributed by atoms with E-state index in [-0.39, 0.29) is 0 Å². The van der Waals surface area contributed by atoms with Gasteiger partial charge in [-0.05, 0) is 19.1 Å². The Kier molecular flexibility index (Phi) is 1.96. The molecule has 0 aliphatic heterocycles. The maximum atomic E-state index is 10.8. The van der Waals surface area contributed by atoms with Crippen LogP contribution in [0.5, 0.6) is 0 Å². The smallest absolute Gasteiger partial charge is 0.310 e. The molecule has 4 heteroatoms. The Balaban J connectivity index is 2.58. The molecule has 0 amide bonds. The highest BCUT2D eigenvalue weighted by atomic mass is 16.4. The minimum Gasteiger partial charge on any atom is -0.481 e. The van der Waals surface area contributed by atoms with Crippen LogP contribution in [0.25, 0.3) is 11.1 Å². The lowest BCUT2D eigenvalue weighted by atomic mass is 10.0. The van der Waals surface area contributed by atoms with E-state index in [4.69, 9.17) is 9.52 Å². The highest BCUT2D eigenvalue weighted by Crippen LogP contribution is 2.25. The SMILES string of the molecule is CC(C(=O)O)c1coc2ncccc12. The molecule has 0 aliphatic carbocycles. The molecule has 0 spiro atoms. The van der Waals surface area contributed by atoms with Crippen molar-refractivity contribution in [2.24, 2.45) is 0 Å². The van der Waals surface area contributed by atoms with Gasteiger partial charge in [-0.15, -0.1) is 0 Å². The van der Waals surface area contributed by atoms with Gasteiger partial charge in [-0.3, -0.25) is 4.79 Å². The van der Waals surface area contributed by atoms with Crippen LogP contribution >= 0.6 is 0 Å². The van der Waals surface area contributed by atoms with Crippen molar-refractivity contribution in [2.75, 3.05) is 0 Å². The van der Waals surface area contributed by atoms with E-state index in [1.54, 1.807) is 25.3 Å². The van der Waals surface area contributed by atoms with Gasteiger partial charge in [0, 0.05) is 17.1 Å². The van der Waals surface area contributed by atoms with E-state index in [1.165, 1.54) is 6.26 Å². The Morgan fingerprint density at radius 1 is 1.64 bits per heavy atom. The first kappa shape index (κ1) is 8.74. The molecule has 1 unspecified atom stereocenters. The molecule has 72 valence electrons. The molecule has 0 radical (unpaired) electrons. The van der Waals surface area contributed by atoms with Gasteiger partial charge < -0.3 is 9.52 Å². The molecule has 0 bridgehead atoms. The minimum absolute atomic E-state index is 0.482. The molecule has 0 saturated heterocycles. The summed E-state index contributed by atoms with van der Waals surface area (Å²) in [4.78, 5) is 14.8. The summed E-state index contributed by atoms with van der Waals surface area (Å²) in [6, 6.07) is 3.57. The number of fused-ring (bicyclic) bond motifs is 1. The van der Waals surface area contributed by atoms with Gasteiger partial charge in [0.2, 0.25) is 5.71 Å². The molecule has 0 aromatic carbocycles. The first-order valence-electron chi connectivity index (χ1n) is 4.25. The largest absolute Gasteiger partial charge is 0.481 e. The number of hydrogen-bond donors (Lipinski definition) is 1. The number of nitrogens with zero attached hydrogens (tertiary/aromatic N) is 1. The Bertz CT molecular complexity index is 475. The van der Waals surface area contributed by atoms with Gasteiger partial charge in [0.25, 0.3) is 0 Å². The van der Waals surface area contributed by atoms with Crippen LogP contribution in [0.3, 0.4) is 0 Å². The topological polar surface area (TPSA) is 63.3 Å². The second-order valence-electron chi connectivity index (χ2n) is 3.11. The number of rotatable bonds is 2. The van der Waals surface area contributed by atoms with Crippen LogP contribution in [0.4, 0.5) is 0 Å². The van der Waals surface area contributed by atoms with Crippen LogP contribution in [0.1, 0.15) is 18.4 Å². The number of hydrogen-bond acceptors (Lipinski definition) is 3. The van der Waals surface area contributed by atoms with Gasteiger partial charge in [-0.25, -0.2) is 4.98 Å². The average Bonchev–Trinajstić information content (AvgIpc) is 2.60. The molecule has 2 heterocycles. The van der Waals surface area contributed by atoms with Crippen molar-refractivity contribution < 1.29 is 14.3 Å². The Morgan fingerprint density at radius 3 is 3.14 bits per heavy atom. The average molecular weight is 191 g/mol. The van der Waals surface area contributed by atoms with E-state index in [9.17, 15) is 4.79 Å². The molecule has 0 fully saturated rings. The van der Waals surface area contributed by atoms with Crippen molar-refractivity contribution in [3.63, 3.8) is 0 Å². The zero-order chi connectivity index (χ0) is 10.1. The fourth-order valence-electron chi connectivity index (χ4n) is 1.36. The maximum absolute atomic E-state index is 10.8. The molecule has 2 rings (SSSR count). The number of aliphatic carboxylic acids is 1. The first-order chi connectivity index (χ1) is 6.70. The van der Waals surface area contributed by atoms with Crippen LogP contribution in [-0.2, 0) is 4.79 Å². The molecule has 0 aliphatic rings. The van der Waals surface area contributed by atoms with Gasteiger partial charge in [-0.1, -0.05) is 0 Å². The first-order valence-corrected chi connectivity index (χ1v) is 4.25. The number of pyridine rings is 1. The quantitative estimate of drug-likeness (QED) is 0.788. The van der Waals surface area contributed by atoms with E-state index in [1.807, 2.05) is 0 Å². The van der Waals surface area contributed by atoms with Crippen molar-refractivity contribution >= 4 is 17.1 Å². The van der Waals surface area contributed by atoms with E-state index in [0.717, 1.165) is 5.39 Å². The molecule has 1 atom stereocenters. The number of carbonyl (C=O) groups is 1. The Morgan fingerprint density at radius 2 is 2.43 bits per heavy atom. The van der Waals surface area contributed by atoms with Crippen molar-refractivity contribution in [3.05, 3.63) is 30.2 Å². The molecule has 4 nitrogen and oxygen atoms in total. The number of carboxylic acids is 1. The fraction of sp³-hybridized carbons (Fsp3) is 0.200. The van der Waals surface area contributed by atoms with E-state index >= 15 is 0 Å². The molecular weight excluding hydrogens is 182 g/mol. The molecule has 1 N–H and O–H groups in total. The summed E-state index contributed by atoms with van der Waals surface area (Å²) in [5, 5.41) is 9.62. The predicted octanol–water partition coefficient (Wildman–Crippen LogP) is 2.02. The summed E-state index contributed by atoms with van der Waals surface area (Å²) in [6.07, 6.45) is 3.07. The van der Waals surface area contributed by atoms with Crippen molar-refractivity contribution in [1.29, 1.82) is 0 Å². The lowest BCUT2D eigenvalue weighted by Crippen LogP contribution is -2.06. The van der Waals surface area contributed by atoms with Crippen LogP contribution in [0, 0.1) is 0 Å². The van der Waals surface area contributed by atoms with Crippen molar-refractivity contribution in [2.45, 2.75) is 12.8 Å². The standard InChI is InChI=1S/C10H9NO3/c1-6(10(12)13)8-5-14-9-7(8)3-2-4-11-9/h2-6H,1H3,(H,12,13). The summed E-state index contributed by atoms with van der Waals surface area (Å²) < 4.78 is 5.15. The molecule has 2 aromatic rings. The number of furan rings is 1. The zero-order valence-corrected chi connectivity index (χ0v) is 7.60. The predicted molar refractivity (Wildman–Crippen MR) is 50.1 cm³/mol. The van der Waals surface area contributed by atoms with Gasteiger partial charge in [0.1, 0.15) is 0 Å². The van der Waals surface area contributed by atoms with Crippen LogP contribution < -0.4 is 0 Å². The lowest BCUT2D eigenvalue weighted by molar-refractivity contribution is -0.138. The van der Waals surface area contributed by atoms with E-state index < -0.39 is 11.9 Å². The fourth-order valence-corrected chi connectivity index (χ4v) is 1.36. The van der Waals surface area contributed by atoms with Gasteiger partial charge in [0.15, 0.2) is 0 Å². The third-order valence-corrected chi connectivity index (χ3v) is 2.22. The van der Waals surface area contributed by atoms with Crippen molar-refractivity contribution in [3.8, 4) is 0 Å². The second-order valence-corrected chi connectivity index (χ2v) is 3.11. The van der Waals surface area contributed by atoms with Crippen LogP contribution in [0.2, 0.25) is 0 Å². The maximum Gasteiger partial charge on any atom is 0.310 e. The summed E-state index contributed by atoms with van der Waals surface area (Å²) >= 11 is 0. The normalized spacial score (nSPS) is 12.9. The third kappa shape index (κ3) is 1.25. The van der Waals surface area contributed by atoms with Gasteiger partial charge in [-0.2, -0.15) is 0 Å². The molecular formula is C10H9NO3. The third-order valence-electron chi connectivity index (χ3n) is 2.22. The highest BCUT2D eigenvalue weighted by molar-refractivity contribution is 5.85. The van der Waals surface area contributed by atoms with E-state index in [0.29, 0.717) is 11.3 Å². The van der Waals surface area contributed by atoms with Crippen LogP contribution in [-0.4, -0.2) is 16.1 Å². The molecule has 2 aromatic heterocycles. The number of carboxylic acid groups (broad SMARTS) is 1. The van der Waals surface area contributed by atoms with Gasteiger partial charge in [0.05, 0.1) is 12.2 Å². The number of aromatic nitrogens is 1. The summed E-state index contributed by atoms with van der Waals surface area (Å²) in [5.41, 5.74) is 1.15. The Labute approximate surface area is 80.2 Å².